The van der Waals surface area contributed by atoms with Crippen LogP contribution in [0.2, 0.25) is 5.02 Å². The fraction of sp³-hybridized carbons (Fsp3) is 0.0909. The maximum absolute atomic E-state index is 8.69. The number of imidazole rings is 1. The maximum atomic E-state index is 8.69. The Bertz CT molecular complexity index is 513. The molecule has 1 heterocycles. The van der Waals surface area contributed by atoms with Crippen LogP contribution in [0.15, 0.2) is 30.6 Å². The number of nitriles is 1. The molecule has 0 atom stereocenters. The van der Waals surface area contributed by atoms with Gasteiger partial charge in [-0.15, -0.1) is 0 Å². The van der Waals surface area contributed by atoms with Gasteiger partial charge in [0.25, 0.3) is 0 Å². The first-order valence-corrected chi connectivity index (χ1v) is 5.09. The fourth-order valence-corrected chi connectivity index (χ4v) is 1.55. The number of nitrogens with one attached hydrogen (secondary N) is 2. The number of rotatable bonds is 3. The average molecular weight is 233 g/mol. The van der Waals surface area contributed by atoms with Crippen molar-refractivity contribution in [3.05, 3.63) is 47.0 Å². The molecule has 0 saturated carbocycles. The van der Waals surface area contributed by atoms with Crippen LogP contribution in [0.3, 0.4) is 0 Å². The van der Waals surface area contributed by atoms with E-state index in [0.29, 0.717) is 17.1 Å². The number of H-pyrrole nitrogens is 1. The first kappa shape index (κ1) is 10.5. The molecule has 0 saturated heterocycles. The highest BCUT2D eigenvalue weighted by atomic mass is 35.5. The van der Waals surface area contributed by atoms with E-state index < -0.39 is 0 Å². The standard InChI is InChI=1S/C11H9ClN4/c12-9-5-8(6-13)1-2-10(9)16-7-11-14-3-4-15-11/h1-5,16H,7H2,(H,14,15). The van der Waals surface area contributed by atoms with Crippen molar-refractivity contribution >= 4 is 17.3 Å². The van der Waals surface area contributed by atoms with E-state index in [4.69, 9.17) is 16.9 Å². The van der Waals surface area contributed by atoms with E-state index >= 15 is 0 Å². The predicted molar refractivity (Wildman–Crippen MR) is 62.1 cm³/mol. The van der Waals surface area contributed by atoms with Gasteiger partial charge in [-0.3, -0.25) is 0 Å². The predicted octanol–water partition coefficient (Wildman–Crippen LogP) is 2.55. The molecule has 1 aromatic carbocycles. The molecule has 2 rings (SSSR count). The number of halogens is 1. The van der Waals surface area contributed by atoms with Crippen LogP contribution in [-0.2, 0) is 6.54 Å². The number of aromatic nitrogens is 2. The third-order valence-corrected chi connectivity index (χ3v) is 2.41. The summed E-state index contributed by atoms with van der Waals surface area (Å²) < 4.78 is 0. The quantitative estimate of drug-likeness (QED) is 0.855. The van der Waals surface area contributed by atoms with Crippen LogP contribution in [0.25, 0.3) is 0 Å². The fourth-order valence-electron chi connectivity index (χ4n) is 1.30. The van der Waals surface area contributed by atoms with Gasteiger partial charge in [-0.25, -0.2) is 4.98 Å². The number of hydrogen-bond donors (Lipinski definition) is 2. The molecule has 5 heteroatoms. The highest BCUT2D eigenvalue weighted by Crippen LogP contribution is 2.22. The average Bonchev–Trinajstić information content (AvgIpc) is 2.80. The summed E-state index contributed by atoms with van der Waals surface area (Å²) in [5, 5.41) is 12.4. The Morgan fingerprint density at radius 2 is 2.38 bits per heavy atom. The minimum absolute atomic E-state index is 0.533. The molecule has 0 amide bonds. The van der Waals surface area contributed by atoms with Gasteiger partial charge in [0.05, 0.1) is 28.9 Å². The molecule has 0 aliphatic carbocycles. The molecule has 2 N–H and O–H groups in total. The summed E-state index contributed by atoms with van der Waals surface area (Å²) in [7, 11) is 0. The number of aromatic amines is 1. The lowest BCUT2D eigenvalue weighted by Crippen LogP contribution is -2.01. The zero-order valence-corrected chi connectivity index (χ0v) is 9.12. The minimum Gasteiger partial charge on any atom is -0.377 e. The van der Waals surface area contributed by atoms with Crippen LogP contribution in [0.1, 0.15) is 11.4 Å². The molecule has 1 aromatic heterocycles. The summed E-state index contributed by atoms with van der Waals surface area (Å²) in [6.45, 7) is 0.568. The second-order valence-electron chi connectivity index (χ2n) is 3.20. The first-order valence-electron chi connectivity index (χ1n) is 4.71. The van der Waals surface area contributed by atoms with Gasteiger partial charge in [-0.2, -0.15) is 5.26 Å². The van der Waals surface area contributed by atoms with E-state index in [1.807, 2.05) is 6.07 Å². The van der Waals surface area contributed by atoms with Gasteiger partial charge < -0.3 is 10.3 Å². The van der Waals surface area contributed by atoms with Crippen molar-refractivity contribution in [3.8, 4) is 6.07 Å². The Labute approximate surface area is 97.9 Å². The number of hydrogen-bond acceptors (Lipinski definition) is 3. The molecule has 0 unspecified atom stereocenters. The van der Waals surface area contributed by atoms with E-state index in [1.165, 1.54) is 0 Å². The Balaban J connectivity index is 2.08. The zero-order valence-electron chi connectivity index (χ0n) is 8.37. The van der Waals surface area contributed by atoms with Crippen molar-refractivity contribution in [2.45, 2.75) is 6.54 Å². The van der Waals surface area contributed by atoms with Crippen LogP contribution in [0.4, 0.5) is 5.69 Å². The molecule has 0 radical (unpaired) electrons. The molecular weight excluding hydrogens is 224 g/mol. The SMILES string of the molecule is N#Cc1ccc(NCc2ncc[nH]2)c(Cl)c1. The van der Waals surface area contributed by atoms with Crippen molar-refractivity contribution in [2.24, 2.45) is 0 Å². The highest BCUT2D eigenvalue weighted by Gasteiger charge is 2.02. The molecular formula is C11H9ClN4. The van der Waals surface area contributed by atoms with Crippen LogP contribution in [0.5, 0.6) is 0 Å². The summed E-state index contributed by atoms with van der Waals surface area (Å²) in [6, 6.07) is 7.17. The number of benzene rings is 1. The summed E-state index contributed by atoms with van der Waals surface area (Å²) in [5.74, 6) is 0.834. The van der Waals surface area contributed by atoms with Crippen molar-refractivity contribution < 1.29 is 0 Å². The summed E-state index contributed by atoms with van der Waals surface area (Å²) >= 11 is 6.00. The van der Waals surface area contributed by atoms with Crippen LogP contribution in [-0.4, -0.2) is 9.97 Å². The molecule has 0 aliphatic heterocycles. The third kappa shape index (κ3) is 2.33. The second kappa shape index (κ2) is 4.69. The van der Waals surface area contributed by atoms with Crippen molar-refractivity contribution in [2.75, 3.05) is 5.32 Å². The lowest BCUT2D eigenvalue weighted by molar-refractivity contribution is 1.00. The lowest BCUT2D eigenvalue weighted by Gasteiger charge is -2.06. The van der Waals surface area contributed by atoms with Gasteiger partial charge in [0, 0.05) is 12.4 Å². The Morgan fingerprint density at radius 1 is 1.50 bits per heavy atom. The molecule has 0 spiro atoms. The minimum atomic E-state index is 0.533. The smallest absolute Gasteiger partial charge is 0.125 e. The van der Waals surface area contributed by atoms with Gasteiger partial charge in [-0.05, 0) is 18.2 Å². The summed E-state index contributed by atoms with van der Waals surface area (Å²) in [6.07, 6.45) is 3.45. The number of anilines is 1. The van der Waals surface area contributed by atoms with E-state index in [2.05, 4.69) is 15.3 Å². The summed E-state index contributed by atoms with van der Waals surface area (Å²) in [4.78, 5) is 7.06. The Hall–Kier alpha value is -1.99. The van der Waals surface area contributed by atoms with Gasteiger partial charge >= 0.3 is 0 Å². The molecule has 2 aromatic rings. The second-order valence-corrected chi connectivity index (χ2v) is 3.60. The first-order chi connectivity index (χ1) is 7.79. The zero-order chi connectivity index (χ0) is 11.4. The topological polar surface area (TPSA) is 64.5 Å². The molecule has 0 fully saturated rings. The van der Waals surface area contributed by atoms with E-state index in [0.717, 1.165) is 11.5 Å². The molecule has 16 heavy (non-hydrogen) atoms. The molecule has 0 bridgehead atoms. The van der Waals surface area contributed by atoms with Crippen LogP contribution >= 0.6 is 11.6 Å². The normalized spacial score (nSPS) is 9.75. The van der Waals surface area contributed by atoms with Gasteiger partial charge in [0.15, 0.2) is 0 Å². The van der Waals surface area contributed by atoms with E-state index in [1.54, 1.807) is 30.6 Å². The maximum Gasteiger partial charge on any atom is 0.125 e. The Morgan fingerprint density at radius 3 is 3.00 bits per heavy atom. The van der Waals surface area contributed by atoms with Crippen LogP contribution < -0.4 is 5.32 Å². The van der Waals surface area contributed by atoms with Crippen molar-refractivity contribution in [1.82, 2.24) is 9.97 Å². The van der Waals surface area contributed by atoms with Gasteiger partial charge in [0.2, 0.25) is 0 Å². The van der Waals surface area contributed by atoms with Crippen LogP contribution in [0, 0.1) is 11.3 Å². The van der Waals surface area contributed by atoms with E-state index in [-0.39, 0.29) is 0 Å². The Kier molecular flexibility index (Phi) is 3.08. The molecule has 0 aliphatic rings. The molecule has 80 valence electrons. The highest BCUT2D eigenvalue weighted by molar-refractivity contribution is 6.33. The lowest BCUT2D eigenvalue weighted by atomic mass is 10.2. The van der Waals surface area contributed by atoms with Crippen molar-refractivity contribution in [3.63, 3.8) is 0 Å². The van der Waals surface area contributed by atoms with E-state index in [9.17, 15) is 0 Å². The monoisotopic (exact) mass is 232 g/mol. The largest absolute Gasteiger partial charge is 0.377 e. The van der Waals surface area contributed by atoms with Crippen molar-refractivity contribution in [1.29, 1.82) is 5.26 Å². The summed E-state index contributed by atoms with van der Waals surface area (Å²) in [5.41, 5.74) is 1.34. The number of nitrogens with zero attached hydrogens (tertiary/aromatic N) is 2. The third-order valence-electron chi connectivity index (χ3n) is 2.10. The van der Waals surface area contributed by atoms with Gasteiger partial charge in [-0.1, -0.05) is 11.6 Å². The molecule has 4 nitrogen and oxygen atoms in total. The van der Waals surface area contributed by atoms with Gasteiger partial charge in [0.1, 0.15) is 5.82 Å².